The second-order valence-corrected chi connectivity index (χ2v) is 4.30. The van der Waals surface area contributed by atoms with E-state index in [1.165, 1.54) is 12.8 Å². The topological polar surface area (TPSA) is 109 Å². The highest BCUT2D eigenvalue weighted by atomic mass is 16.5. The Morgan fingerprint density at radius 2 is 2.10 bits per heavy atom. The third-order valence-electron chi connectivity index (χ3n) is 2.62. The van der Waals surface area contributed by atoms with Gasteiger partial charge in [0, 0.05) is 24.4 Å². The second kappa shape index (κ2) is 9.49. The summed E-state index contributed by atoms with van der Waals surface area (Å²) in [4.78, 5) is 23.1. The average molecular weight is 294 g/mol. The van der Waals surface area contributed by atoms with Crippen molar-refractivity contribution in [3.05, 3.63) is 36.7 Å². The molecule has 7 heteroatoms. The molecule has 1 aliphatic heterocycles. The van der Waals surface area contributed by atoms with Crippen LogP contribution in [0.4, 0.5) is 0 Å². The summed E-state index contributed by atoms with van der Waals surface area (Å²) in [6.07, 6.45) is 7.10. The predicted octanol–water partition coefficient (Wildman–Crippen LogP) is 0.924. The van der Waals surface area contributed by atoms with Gasteiger partial charge in [-0.2, -0.15) is 0 Å². The number of aliphatic carboxylic acids is 2. The van der Waals surface area contributed by atoms with Crippen LogP contribution in [0.25, 0.3) is 0 Å². The highest BCUT2D eigenvalue weighted by Crippen LogP contribution is 2.10. The van der Waals surface area contributed by atoms with Crippen LogP contribution in [0.2, 0.25) is 0 Å². The van der Waals surface area contributed by atoms with Gasteiger partial charge in [0.05, 0.1) is 6.20 Å². The number of ether oxygens (including phenoxy) is 1. The van der Waals surface area contributed by atoms with Gasteiger partial charge in [0.2, 0.25) is 0 Å². The Labute approximate surface area is 122 Å². The number of nitrogens with one attached hydrogen (secondary N) is 1. The minimum Gasteiger partial charge on any atom is -0.490 e. The molecule has 0 aliphatic carbocycles. The summed E-state index contributed by atoms with van der Waals surface area (Å²) in [6.45, 7) is 1.88. The maximum absolute atomic E-state index is 9.55. The largest absolute Gasteiger partial charge is 0.490 e. The first-order valence-corrected chi connectivity index (χ1v) is 6.48. The van der Waals surface area contributed by atoms with E-state index in [-0.39, 0.29) is 0 Å². The number of carboxylic acid groups (broad SMARTS) is 2. The summed E-state index contributed by atoms with van der Waals surface area (Å²) in [5.74, 6) is -1.66. The van der Waals surface area contributed by atoms with E-state index in [1.807, 2.05) is 12.1 Å². The smallest absolute Gasteiger partial charge is 0.328 e. The fourth-order valence-corrected chi connectivity index (χ4v) is 1.67. The van der Waals surface area contributed by atoms with E-state index in [4.69, 9.17) is 14.9 Å². The molecule has 1 aromatic rings. The van der Waals surface area contributed by atoms with Crippen LogP contribution in [-0.4, -0.2) is 46.3 Å². The van der Waals surface area contributed by atoms with Crippen LogP contribution in [0.3, 0.4) is 0 Å². The molecular weight excluding hydrogens is 276 g/mol. The predicted molar refractivity (Wildman–Crippen MR) is 75.2 cm³/mol. The molecule has 2 rings (SSSR count). The molecule has 0 radical (unpaired) electrons. The zero-order valence-electron chi connectivity index (χ0n) is 11.4. The third kappa shape index (κ3) is 8.38. The molecule has 7 nitrogen and oxygen atoms in total. The monoisotopic (exact) mass is 294 g/mol. The molecule has 1 fully saturated rings. The Morgan fingerprint density at radius 1 is 1.38 bits per heavy atom. The van der Waals surface area contributed by atoms with E-state index in [0.29, 0.717) is 18.2 Å². The van der Waals surface area contributed by atoms with Gasteiger partial charge in [-0.15, -0.1) is 0 Å². The highest BCUT2D eigenvalue weighted by Gasteiger charge is 2.13. The molecule has 0 amide bonds. The number of carbonyl (C=O) groups is 2. The SMILES string of the molecule is O=C(O)C=CC(=O)O.c1cncc(OC[C@@H]2CCCN2)c1. The Morgan fingerprint density at radius 3 is 2.57 bits per heavy atom. The molecule has 1 atom stereocenters. The van der Waals surface area contributed by atoms with Crippen molar-refractivity contribution in [2.75, 3.05) is 13.2 Å². The molecule has 0 saturated carbocycles. The minimum atomic E-state index is -1.26. The fourth-order valence-electron chi connectivity index (χ4n) is 1.67. The quantitative estimate of drug-likeness (QED) is 0.693. The molecule has 21 heavy (non-hydrogen) atoms. The van der Waals surface area contributed by atoms with Gasteiger partial charge < -0.3 is 20.3 Å². The van der Waals surface area contributed by atoms with E-state index < -0.39 is 11.9 Å². The Kier molecular flexibility index (Phi) is 7.52. The molecular formula is C14H18N2O5. The molecule has 114 valence electrons. The lowest BCUT2D eigenvalue weighted by molar-refractivity contribution is -0.134. The average Bonchev–Trinajstić information content (AvgIpc) is 2.98. The van der Waals surface area contributed by atoms with Gasteiger partial charge in [0.1, 0.15) is 12.4 Å². The first-order chi connectivity index (χ1) is 10.1. The first kappa shape index (κ1) is 16.6. The van der Waals surface area contributed by atoms with E-state index >= 15 is 0 Å². The van der Waals surface area contributed by atoms with Gasteiger partial charge >= 0.3 is 11.9 Å². The van der Waals surface area contributed by atoms with Crippen LogP contribution < -0.4 is 10.1 Å². The van der Waals surface area contributed by atoms with Crippen LogP contribution in [0.1, 0.15) is 12.8 Å². The summed E-state index contributed by atoms with van der Waals surface area (Å²) >= 11 is 0. The molecule has 0 unspecified atom stereocenters. The number of nitrogens with zero attached hydrogens (tertiary/aromatic N) is 1. The van der Waals surface area contributed by atoms with E-state index in [2.05, 4.69) is 10.3 Å². The van der Waals surface area contributed by atoms with E-state index in [9.17, 15) is 9.59 Å². The third-order valence-corrected chi connectivity index (χ3v) is 2.62. The lowest BCUT2D eigenvalue weighted by Crippen LogP contribution is -2.28. The highest BCUT2D eigenvalue weighted by molar-refractivity contribution is 5.89. The molecule has 1 aromatic heterocycles. The number of hydrogen-bond acceptors (Lipinski definition) is 5. The first-order valence-electron chi connectivity index (χ1n) is 6.48. The van der Waals surface area contributed by atoms with Crippen molar-refractivity contribution < 1.29 is 24.5 Å². The van der Waals surface area contributed by atoms with Gasteiger partial charge in [-0.3, -0.25) is 4.98 Å². The summed E-state index contributed by atoms with van der Waals surface area (Å²) < 4.78 is 5.56. The van der Waals surface area contributed by atoms with Gasteiger partial charge in [-0.1, -0.05) is 0 Å². The number of carboxylic acids is 2. The van der Waals surface area contributed by atoms with Crippen molar-refractivity contribution in [3.63, 3.8) is 0 Å². The lowest BCUT2D eigenvalue weighted by atomic mass is 10.2. The Balaban J connectivity index is 0.000000240. The van der Waals surface area contributed by atoms with Crippen molar-refractivity contribution in [1.29, 1.82) is 0 Å². The van der Waals surface area contributed by atoms with Crippen LogP contribution in [0, 0.1) is 0 Å². The Hall–Kier alpha value is -2.41. The zero-order valence-corrected chi connectivity index (χ0v) is 11.4. The molecule has 3 N–H and O–H groups in total. The van der Waals surface area contributed by atoms with Gasteiger partial charge in [0.25, 0.3) is 0 Å². The summed E-state index contributed by atoms with van der Waals surface area (Å²) in [5, 5.41) is 19.0. The zero-order chi connectivity index (χ0) is 15.5. The maximum atomic E-state index is 9.55. The minimum absolute atomic E-state index is 0.528. The van der Waals surface area contributed by atoms with E-state index in [0.717, 1.165) is 18.9 Å². The van der Waals surface area contributed by atoms with Crippen LogP contribution in [0.5, 0.6) is 5.75 Å². The molecule has 0 bridgehead atoms. The summed E-state index contributed by atoms with van der Waals surface area (Å²) in [7, 11) is 0. The van der Waals surface area contributed by atoms with Crippen molar-refractivity contribution in [2.24, 2.45) is 0 Å². The lowest BCUT2D eigenvalue weighted by Gasteiger charge is -2.11. The summed E-state index contributed by atoms with van der Waals surface area (Å²) in [6, 6.07) is 4.35. The van der Waals surface area contributed by atoms with Crippen molar-refractivity contribution in [3.8, 4) is 5.75 Å². The van der Waals surface area contributed by atoms with Gasteiger partial charge in [-0.05, 0) is 31.5 Å². The van der Waals surface area contributed by atoms with Crippen molar-refractivity contribution in [1.82, 2.24) is 10.3 Å². The molecule has 1 aliphatic rings. The number of aromatic nitrogens is 1. The van der Waals surface area contributed by atoms with Crippen LogP contribution in [-0.2, 0) is 9.59 Å². The number of hydrogen-bond donors (Lipinski definition) is 3. The Bertz CT molecular complexity index is 454. The normalized spacial score (nSPS) is 17.0. The molecule has 0 spiro atoms. The van der Waals surface area contributed by atoms with Crippen molar-refractivity contribution in [2.45, 2.75) is 18.9 Å². The fraction of sp³-hybridized carbons (Fsp3) is 0.357. The molecule has 2 heterocycles. The number of rotatable bonds is 5. The van der Waals surface area contributed by atoms with Crippen molar-refractivity contribution >= 4 is 11.9 Å². The maximum Gasteiger partial charge on any atom is 0.328 e. The standard InChI is InChI=1S/C10H14N2O.C4H4O4/c1-3-9(12-6-1)8-13-10-4-2-5-11-7-10;5-3(6)1-2-4(7)8/h2,4-5,7,9,12H,1,3,6,8H2;1-2H,(H,5,6)(H,7,8)/t9-;/m0./s1. The van der Waals surface area contributed by atoms with Crippen LogP contribution >= 0.6 is 0 Å². The second-order valence-electron chi connectivity index (χ2n) is 4.30. The van der Waals surface area contributed by atoms with E-state index in [1.54, 1.807) is 12.4 Å². The van der Waals surface area contributed by atoms with Gasteiger partial charge in [0.15, 0.2) is 0 Å². The number of pyridine rings is 1. The van der Waals surface area contributed by atoms with Gasteiger partial charge in [-0.25, -0.2) is 9.59 Å². The molecule has 0 aromatic carbocycles. The summed E-state index contributed by atoms with van der Waals surface area (Å²) in [5.41, 5.74) is 0. The van der Waals surface area contributed by atoms with Crippen LogP contribution in [0.15, 0.2) is 36.7 Å². The molecule has 1 saturated heterocycles.